The van der Waals surface area contributed by atoms with Gasteiger partial charge < -0.3 is 14.6 Å². The van der Waals surface area contributed by atoms with Gasteiger partial charge in [-0.2, -0.15) is 0 Å². The number of carboxylic acid groups (broad SMARTS) is 1. The molecule has 0 bridgehead atoms. The Morgan fingerprint density at radius 1 is 1.24 bits per heavy atom. The van der Waals surface area contributed by atoms with Crippen LogP contribution < -0.4 is 4.80 Å². The van der Waals surface area contributed by atoms with Crippen LogP contribution in [0.3, 0.4) is 0 Å². The fourth-order valence-electron chi connectivity index (χ4n) is 3.92. The predicted molar refractivity (Wildman–Crippen MR) is 125 cm³/mol. The summed E-state index contributed by atoms with van der Waals surface area (Å²) in [7, 11) is -2.09. The highest BCUT2D eigenvalue weighted by Crippen LogP contribution is 2.27. The van der Waals surface area contributed by atoms with Gasteiger partial charge in [0.2, 0.25) is 5.91 Å². The molecule has 1 N–H and O–H groups in total. The van der Waals surface area contributed by atoms with Crippen molar-refractivity contribution in [3.05, 3.63) is 45.7 Å². The first kappa shape index (κ1) is 23.5. The highest BCUT2D eigenvalue weighted by Gasteiger charge is 2.28. The molecule has 0 atom stereocenters. The van der Waals surface area contributed by atoms with E-state index in [9.17, 15) is 23.1 Å². The van der Waals surface area contributed by atoms with Crippen LogP contribution in [0.15, 0.2) is 45.9 Å². The Labute approximate surface area is 199 Å². The molecule has 12 heteroatoms. The highest BCUT2D eigenvalue weighted by atomic mass is 35.5. The van der Waals surface area contributed by atoms with Crippen molar-refractivity contribution in [2.24, 2.45) is 12.0 Å². The van der Waals surface area contributed by atoms with Gasteiger partial charge in [0.05, 0.1) is 17.3 Å². The summed E-state index contributed by atoms with van der Waals surface area (Å²) in [4.78, 5) is 31.8. The number of piperidine rings is 1. The van der Waals surface area contributed by atoms with Crippen LogP contribution in [0.1, 0.15) is 19.3 Å². The first-order chi connectivity index (χ1) is 15.7. The van der Waals surface area contributed by atoms with Gasteiger partial charge in [-0.05, 0) is 37.1 Å². The maximum atomic E-state index is 13.0. The molecule has 1 amide bonds. The molecule has 3 aromatic rings. The van der Waals surface area contributed by atoms with Crippen LogP contribution in [0.4, 0.5) is 4.79 Å². The molecule has 0 saturated carbocycles. The van der Waals surface area contributed by atoms with E-state index in [1.54, 1.807) is 16.2 Å². The quantitative estimate of drug-likeness (QED) is 0.566. The zero-order valence-corrected chi connectivity index (χ0v) is 20.2. The van der Waals surface area contributed by atoms with Gasteiger partial charge in [-0.1, -0.05) is 11.6 Å². The molecule has 9 nitrogen and oxygen atoms in total. The first-order valence-corrected chi connectivity index (χ1v) is 13.3. The summed E-state index contributed by atoms with van der Waals surface area (Å²) in [5, 5.41) is 12.0. The van der Waals surface area contributed by atoms with Crippen molar-refractivity contribution >= 4 is 55.7 Å². The van der Waals surface area contributed by atoms with Crippen molar-refractivity contribution in [2.45, 2.75) is 30.3 Å². The molecular weight excluding hydrogens is 488 g/mol. The number of benzene rings is 1. The van der Waals surface area contributed by atoms with Crippen LogP contribution in [-0.4, -0.2) is 64.4 Å². The lowest BCUT2D eigenvalue weighted by Crippen LogP contribution is -2.40. The number of rotatable bonds is 5. The summed E-state index contributed by atoms with van der Waals surface area (Å²) < 4.78 is 28.6. The predicted octanol–water partition coefficient (Wildman–Crippen LogP) is 2.98. The molecule has 1 aromatic carbocycles. The minimum atomic E-state index is -4.02. The summed E-state index contributed by atoms with van der Waals surface area (Å²) in [6, 6.07) is 5.87. The number of hydrogen-bond donors (Lipinski definition) is 1. The van der Waals surface area contributed by atoms with Crippen molar-refractivity contribution in [3.63, 3.8) is 0 Å². The second-order valence-corrected chi connectivity index (χ2v) is 11.3. The van der Waals surface area contributed by atoms with Crippen LogP contribution in [0.5, 0.6) is 0 Å². The third kappa shape index (κ3) is 4.99. The minimum Gasteiger partial charge on any atom is -0.464 e. The van der Waals surface area contributed by atoms with Gasteiger partial charge in [-0.15, -0.1) is 11.3 Å². The molecule has 0 aliphatic carbocycles. The number of halogens is 1. The Hall–Kier alpha value is -2.63. The monoisotopic (exact) mass is 510 g/mol. The fraction of sp³-hybridized carbons (Fsp3) is 0.381. The van der Waals surface area contributed by atoms with E-state index in [0.29, 0.717) is 36.3 Å². The SMILES string of the molecule is Cn1ccsc1=NC1CCN(C(=O)CCS(=O)(=O)c2cc3cc(Cl)ccc3n2C(=O)O)CC1. The van der Waals surface area contributed by atoms with Crippen molar-refractivity contribution in [1.29, 1.82) is 0 Å². The molecule has 0 unspecified atom stereocenters. The average Bonchev–Trinajstić information content (AvgIpc) is 3.36. The van der Waals surface area contributed by atoms with Gasteiger partial charge in [0.1, 0.15) is 5.03 Å². The van der Waals surface area contributed by atoms with Gasteiger partial charge in [0, 0.05) is 48.5 Å². The molecule has 1 saturated heterocycles. The molecule has 176 valence electrons. The van der Waals surface area contributed by atoms with Crippen molar-refractivity contribution in [3.8, 4) is 0 Å². The van der Waals surface area contributed by atoms with E-state index in [1.807, 2.05) is 23.2 Å². The van der Waals surface area contributed by atoms with Gasteiger partial charge in [-0.3, -0.25) is 9.79 Å². The van der Waals surface area contributed by atoms with Crippen LogP contribution in [0.2, 0.25) is 5.02 Å². The molecule has 1 aliphatic heterocycles. The fourth-order valence-corrected chi connectivity index (χ4v) is 6.32. The molecule has 0 radical (unpaired) electrons. The summed E-state index contributed by atoms with van der Waals surface area (Å²) in [5.41, 5.74) is 0.224. The summed E-state index contributed by atoms with van der Waals surface area (Å²) in [6.07, 6.45) is 1.74. The number of sulfone groups is 1. The Bertz CT molecular complexity index is 1380. The smallest absolute Gasteiger partial charge is 0.417 e. The number of aryl methyl sites for hydroxylation is 1. The lowest BCUT2D eigenvalue weighted by Gasteiger charge is -2.30. The van der Waals surface area contributed by atoms with Crippen molar-refractivity contribution in [2.75, 3.05) is 18.8 Å². The Morgan fingerprint density at radius 2 is 1.97 bits per heavy atom. The summed E-state index contributed by atoms with van der Waals surface area (Å²) in [6.45, 7) is 1.02. The molecule has 1 fully saturated rings. The Balaban J connectivity index is 1.43. The van der Waals surface area contributed by atoms with E-state index in [2.05, 4.69) is 0 Å². The number of carbonyl (C=O) groups excluding carboxylic acids is 1. The molecule has 4 rings (SSSR count). The van der Waals surface area contributed by atoms with Gasteiger partial charge in [-0.25, -0.2) is 17.8 Å². The topological polar surface area (TPSA) is 114 Å². The number of likely N-dealkylation sites (tertiary alicyclic amines) is 1. The third-order valence-electron chi connectivity index (χ3n) is 5.69. The molecular formula is C21H23ClN4O5S2. The van der Waals surface area contributed by atoms with E-state index in [4.69, 9.17) is 16.6 Å². The van der Waals surface area contributed by atoms with E-state index >= 15 is 0 Å². The normalized spacial score (nSPS) is 15.9. The molecule has 2 aromatic heterocycles. The Morgan fingerprint density at radius 3 is 2.61 bits per heavy atom. The lowest BCUT2D eigenvalue weighted by molar-refractivity contribution is -0.131. The highest BCUT2D eigenvalue weighted by molar-refractivity contribution is 7.91. The van der Waals surface area contributed by atoms with Gasteiger partial charge in [0.25, 0.3) is 0 Å². The second kappa shape index (κ2) is 9.32. The number of thiazole rings is 1. The van der Waals surface area contributed by atoms with Gasteiger partial charge in [0.15, 0.2) is 14.6 Å². The number of hydrogen-bond acceptors (Lipinski definition) is 6. The van der Waals surface area contributed by atoms with E-state index in [0.717, 1.165) is 9.37 Å². The number of aromatic nitrogens is 2. The summed E-state index contributed by atoms with van der Waals surface area (Å²) >= 11 is 7.52. The maximum absolute atomic E-state index is 13.0. The van der Waals surface area contributed by atoms with Gasteiger partial charge >= 0.3 is 6.09 Å². The van der Waals surface area contributed by atoms with Crippen LogP contribution in [0, 0.1) is 0 Å². The Kier molecular flexibility index (Phi) is 6.64. The van der Waals surface area contributed by atoms with Crippen LogP contribution in [0.25, 0.3) is 10.9 Å². The second-order valence-electron chi connectivity index (χ2n) is 7.91. The number of amides is 1. The third-order valence-corrected chi connectivity index (χ3v) is 8.47. The number of nitrogens with zero attached hydrogens (tertiary/aromatic N) is 4. The standard InChI is InChI=1S/C21H23ClN4O5S2/c1-24-9-10-32-20(24)23-16-4-7-25(8-5-16)18(27)6-11-33(30,31)19-13-14-12-15(22)2-3-17(14)26(19)21(28)29/h2-3,9-10,12-13,16H,4-8,11H2,1H3,(H,28,29). The van der Waals surface area contributed by atoms with Crippen molar-refractivity contribution < 1.29 is 23.1 Å². The summed E-state index contributed by atoms with van der Waals surface area (Å²) in [5.74, 6) is -0.738. The van der Waals surface area contributed by atoms with Crippen LogP contribution >= 0.6 is 22.9 Å². The maximum Gasteiger partial charge on any atom is 0.417 e. The molecule has 0 spiro atoms. The first-order valence-electron chi connectivity index (χ1n) is 10.3. The largest absolute Gasteiger partial charge is 0.464 e. The van der Waals surface area contributed by atoms with E-state index in [-0.39, 0.29) is 28.9 Å². The molecule has 1 aliphatic rings. The number of fused-ring (bicyclic) bond motifs is 1. The zero-order valence-electron chi connectivity index (χ0n) is 17.8. The van der Waals surface area contributed by atoms with Crippen molar-refractivity contribution in [1.82, 2.24) is 14.0 Å². The zero-order chi connectivity index (χ0) is 23.8. The lowest BCUT2D eigenvalue weighted by atomic mass is 10.1. The minimum absolute atomic E-state index is 0.126. The average molecular weight is 511 g/mol. The molecule has 3 heterocycles. The van der Waals surface area contributed by atoms with E-state index < -0.39 is 21.7 Å². The molecule has 33 heavy (non-hydrogen) atoms. The van der Waals surface area contributed by atoms with Crippen LogP contribution in [-0.2, 0) is 21.7 Å². The number of carbonyl (C=O) groups is 2. The van der Waals surface area contributed by atoms with E-state index in [1.165, 1.54) is 24.3 Å².